The van der Waals surface area contributed by atoms with Gasteiger partial charge in [0, 0.05) is 34.6 Å². The molecule has 220 valence electrons. The van der Waals surface area contributed by atoms with Crippen LogP contribution < -0.4 is 9.62 Å². The number of carbonyl (C=O) groups is 2. The van der Waals surface area contributed by atoms with Crippen LogP contribution in [0, 0.1) is 0 Å². The highest BCUT2D eigenvalue weighted by Crippen LogP contribution is 2.34. The Morgan fingerprint density at radius 3 is 2.05 bits per heavy atom. The first-order valence-corrected chi connectivity index (χ1v) is 16.2. The van der Waals surface area contributed by atoms with Gasteiger partial charge in [-0.3, -0.25) is 13.9 Å². The summed E-state index contributed by atoms with van der Waals surface area (Å²) in [6.45, 7) is 3.00. The lowest BCUT2D eigenvalue weighted by Gasteiger charge is -2.34. The maximum atomic E-state index is 14.2. The van der Waals surface area contributed by atoms with Crippen molar-refractivity contribution in [3.63, 3.8) is 0 Å². The Kier molecular flexibility index (Phi) is 11.8. The number of hydrogen-bond donors (Lipinski definition) is 1. The van der Waals surface area contributed by atoms with Gasteiger partial charge in [-0.25, -0.2) is 8.42 Å². The van der Waals surface area contributed by atoms with E-state index in [4.69, 9.17) is 46.4 Å². The molecule has 0 aromatic heterocycles. The van der Waals surface area contributed by atoms with Crippen LogP contribution in [0.25, 0.3) is 0 Å². The zero-order valence-corrected chi connectivity index (χ0v) is 26.6. The molecule has 0 saturated carbocycles. The molecule has 0 aliphatic heterocycles. The van der Waals surface area contributed by atoms with Crippen molar-refractivity contribution in [2.24, 2.45) is 0 Å². The summed E-state index contributed by atoms with van der Waals surface area (Å²) in [6.07, 6.45) is 1.79. The van der Waals surface area contributed by atoms with Crippen LogP contribution in [0.5, 0.6) is 0 Å². The van der Waals surface area contributed by atoms with Crippen LogP contribution in [0.2, 0.25) is 20.1 Å². The molecule has 12 heteroatoms. The predicted octanol–water partition coefficient (Wildman–Crippen LogP) is 6.62. The van der Waals surface area contributed by atoms with Crippen LogP contribution in [0.1, 0.15) is 31.4 Å². The molecule has 7 nitrogen and oxygen atoms in total. The van der Waals surface area contributed by atoms with Crippen molar-refractivity contribution >= 4 is 73.9 Å². The van der Waals surface area contributed by atoms with Crippen LogP contribution in [0.4, 0.5) is 5.69 Å². The van der Waals surface area contributed by atoms with Gasteiger partial charge in [-0.05, 0) is 43.2 Å². The fraction of sp³-hybridized carbons (Fsp3) is 0.310. The largest absolute Gasteiger partial charge is 0.352 e. The zero-order valence-electron chi connectivity index (χ0n) is 22.8. The lowest BCUT2D eigenvalue weighted by molar-refractivity contribution is -0.140. The van der Waals surface area contributed by atoms with Crippen LogP contribution in [-0.2, 0) is 32.6 Å². The molecule has 0 spiro atoms. The molecule has 0 aliphatic rings. The molecular weight excluding hydrogens is 628 g/mol. The van der Waals surface area contributed by atoms with Crippen molar-refractivity contribution in [1.82, 2.24) is 10.2 Å². The summed E-state index contributed by atoms with van der Waals surface area (Å²) >= 11 is 25.5. The summed E-state index contributed by atoms with van der Waals surface area (Å²) in [5.74, 6) is -1.06. The second-order valence-electron chi connectivity index (χ2n) is 9.59. The molecule has 0 aliphatic carbocycles. The van der Waals surface area contributed by atoms with E-state index in [1.165, 1.54) is 23.1 Å². The first-order valence-electron chi connectivity index (χ1n) is 12.8. The number of nitrogens with zero attached hydrogens (tertiary/aromatic N) is 2. The fourth-order valence-corrected chi connectivity index (χ4v) is 5.95. The predicted molar refractivity (Wildman–Crippen MR) is 167 cm³/mol. The van der Waals surface area contributed by atoms with Gasteiger partial charge >= 0.3 is 0 Å². The molecular formula is C29H31Cl4N3O4S. The third-order valence-electron chi connectivity index (χ3n) is 6.54. The van der Waals surface area contributed by atoms with Crippen molar-refractivity contribution in [1.29, 1.82) is 0 Å². The smallest absolute Gasteiger partial charge is 0.244 e. The number of hydrogen-bond acceptors (Lipinski definition) is 4. The Bertz CT molecular complexity index is 1470. The highest BCUT2D eigenvalue weighted by molar-refractivity contribution is 7.92. The van der Waals surface area contributed by atoms with Crippen LogP contribution in [-0.4, -0.2) is 50.0 Å². The van der Waals surface area contributed by atoms with Crippen LogP contribution in [0.3, 0.4) is 0 Å². The Morgan fingerprint density at radius 2 is 1.46 bits per heavy atom. The minimum Gasteiger partial charge on any atom is -0.352 e. The highest BCUT2D eigenvalue weighted by atomic mass is 35.5. The van der Waals surface area contributed by atoms with Gasteiger partial charge in [0.15, 0.2) is 0 Å². The molecule has 1 N–H and O–H groups in total. The molecule has 0 unspecified atom stereocenters. The van der Waals surface area contributed by atoms with E-state index < -0.39 is 34.4 Å². The zero-order chi connectivity index (χ0) is 30.3. The quantitative estimate of drug-likeness (QED) is 0.237. The van der Waals surface area contributed by atoms with Crippen molar-refractivity contribution in [2.75, 3.05) is 17.1 Å². The molecule has 0 fully saturated rings. The van der Waals surface area contributed by atoms with E-state index in [0.29, 0.717) is 22.0 Å². The Hall–Kier alpha value is -2.49. The second kappa shape index (κ2) is 14.6. The Balaban J connectivity index is 2.13. The summed E-state index contributed by atoms with van der Waals surface area (Å²) < 4.78 is 26.7. The molecule has 2 atom stereocenters. The van der Waals surface area contributed by atoms with Gasteiger partial charge in [-0.2, -0.15) is 0 Å². The van der Waals surface area contributed by atoms with E-state index in [1.54, 1.807) is 18.2 Å². The molecule has 3 aromatic rings. The number of anilines is 1. The summed E-state index contributed by atoms with van der Waals surface area (Å²) in [5, 5.41) is 3.66. The molecule has 0 saturated heterocycles. The summed E-state index contributed by atoms with van der Waals surface area (Å²) in [4.78, 5) is 29.2. The van der Waals surface area contributed by atoms with Gasteiger partial charge in [0.25, 0.3) is 0 Å². The minimum absolute atomic E-state index is 0.0246. The van der Waals surface area contributed by atoms with E-state index in [0.717, 1.165) is 16.1 Å². The monoisotopic (exact) mass is 657 g/mol. The third kappa shape index (κ3) is 8.75. The van der Waals surface area contributed by atoms with E-state index in [1.807, 2.05) is 44.2 Å². The molecule has 0 bridgehead atoms. The van der Waals surface area contributed by atoms with E-state index in [9.17, 15) is 18.0 Å². The number of amides is 2. The molecule has 0 heterocycles. The summed E-state index contributed by atoms with van der Waals surface area (Å²) in [7, 11) is -4.01. The summed E-state index contributed by atoms with van der Waals surface area (Å²) in [5.41, 5.74) is 1.26. The molecule has 3 aromatic carbocycles. The lowest BCUT2D eigenvalue weighted by Crippen LogP contribution is -2.54. The average Bonchev–Trinajstić information content (AvgIpc) is 2.92. The number of nitrogens with one attached hydrogen (secondary N) is 1. The lowest BCUT2D eigenvalue weighted by atomic mass is 10.0. The first kappa shape index (κ1) is 33.0. The Morgan fingerprint density at radius 1 is 0.878 bits per heavy atom. The maximum Gasteiger partial charge on any atom is 0.244 e. The number of benzene rings is 3. The SMILES string of the molecule is CC[C@H](C)NC(=O)[C@H](Cc1ccccc1)N(Cc1c(Cl)cccc1Cl)C(=O)CN(c1cccc(Cl)c1Cl)S(C)(=O)=O. The minimum atomic E-state index is -4.01. The van der Waals surface area contributed by atoms with Crippen LogP contribution >= 0.6 is 46.4 Å². The molecule has 3 rings (SSSR count). The van der Waals surface area contributed by atoms with E-state index in [-0.39, 0.29) is 34.7 Å². The number of carbonyl (C=O) groups excluding carboxylic acids is 2. The van der Waals surface area contributed by atoms with E-state index >= 15 is 0 Å². The second-order valence-corrected chi connectivity index (χ2v) is 13.1. The fourth-order valence-electron chi connectivity index (χ4n) is 4.13. The van der Waals surface area contributed by atoms with Gasteiger partial charge in [-0.15, -0.1) is 0 Å². The number of halogens is 4. The van der Waals surface area contributed by atoms with E-state index in [2.05, 4.69) is 5.32 Å². The highest BCUT2D eigenvalue weighted by Gasteiger charge is 2.34. The van der Waals surface area contributed by atoms with Crippen molar-refractivity contribution in [2.45, 2.75) is 45.3 Å². The van der Waals surface area contributed by atoms with Crippen molar-refractivity contribution < 1.29 is 18.0 Å². The van der Waals surface area contributed by atoms with Crippen molar-refractivity contribution in [3.8, 4) is 0 Å². The third-order valence-corrected chi connectivity index (χ3v) is 9.18. The summed E-state index contributed by atoms with van der Waals surface area (Å²) in [6, 6.07) is 17.5. The van der Waals surface area contributed by atoms with Gasteiger partial charge in [0.05, 0.1) is 22.0 Å². The molecule has 0 radical (unpaired) electrons. The van der Waals surface area contributed by atoms with Crippen LogP contribution in [0.15, 0.2) is 66.7 Å². The van der Waals surface area contributed by atoms with Gasteiger partial charge < -0.3 is 10.2 Å². The van der Waals surface area contributed by atoms with Crippen molar-refractivity contribution in [3.05, 3.63) is 97.9 Å². The number of sulfonamides is 1. The van der Waals surface area contributed by atoms with Gasteiger partial charge in [0.2, 0.25) is 21.8 Å². The average molecular weight is 659 g/mol. The Labute approximate surface area is 261 Å². The standard InChI is InChI=1S/C29H31Cl4N3O4S/c1-4-19(2)34-29(38)26(16-20-10-6-5-7-11-20)35(17-21-22(30)12-8-13-23(21)31)27(37)18-36(41(3,39)40)25-15-9-14-24(32)28(25)33/h5-15,19,26H,4,16-18H2,1-3H3,(H,34,38)/t19-,26-/m0/s1. The first-order chi connectivity index (χ1) is 19.3. The molecule has 41 heavy (non-hydrogen) atoms. The normalized spacial score (nSPS) is 12.9. The number of rotatable bonds is 12. The van der Waals surface area contributed by atoms with Gasteiger partial charge in [0.1, 0.15) is 12.6 Å². The van der Waals surface area contributed by atoms with Gasteiger partial charge in [-0.1, -0.05) is 95.8 Å². The topological polar surface area (TPSA) is 86.8 Å². The molecule has 2 amide bonds. The maximum absolute atomic E-state index is 14.2.